The lowest BCUT2D eigenvalue weighted by Crippen LogP contribution is -2.46. The molecule has 1 fully saturated rings. The fraction of sp³-hybridized carbons (Fsp3) is 0.273. The highest BCUT2D eigenvalue weighted by atomic mass is 35.5. The number of carboxylic acid groups (broad SMARTS) is 1. The maximum atomic E-state index is 11.8. The zero-order valence-corrected chi connectivity index (χ0v) is 10.2. The maximum absolute atomic E-state index is 11.8. The van der Waals surface area contributed by atoms with Crippen molar-refractivity contribution < 1.29 is 14.7 Å². The number of fused-ring (bicyclic) bond motifs is 3. The molecule has 4 nitrogen and oxygen atoms in total. The third-order valence-corrected chi connectivity index (χ3v) is 4.76. The molecule has 17 heavy (non-hydrogen) atoms. The van der Waals surface area contributed by atoms with Crippen LogP contribution in [0.1, 0.15) is 12.8 Å². The number of rotatable bonds is 1. The molecule has 0 bridgehead atoms. The third-order valence-electron chi connectivity index (χ3n) is 3.06. The summed E-state index contributed by atoms with van der Waals surface area (Å²) in [6.45, 7) is 0. The summed E-state index contributed by atoms with van der Waals surface area (Å²) < 4.78 is 0. The number of amides is 1. The number of anilines is 1. The first-order valence-corrected chi connectivity index (χ1v) is 6.29. The average molecular weight is 270 g/mol. The van der Waals surface area contributed by atoms with E-state index in [1.165, 1.54) is 16.7 Å². The van der Waals surface area contributed by atoms with Gasteiger partial charge in [-0.2, -0.15) is 0 Å². The molecule has 1 aromatic carbocycles. The van der Waals surface area contributed by atoms with Gasteiger partial charge in [0.05, 0.1) is 5.69 Å². The summed E-state index contributed by atoms with van der Waals surface area (Å²) >= 11 is 7.11. The number of thioether (sulfide) groups is 1. The smallest absolute Gasteiger partial charge is 0.341 e. The minimum Gasteiger partial charge on any atom is -0.479 e. The van der Waals surface area contributed by atoms with Crippen LogP contribution >= 0.6 is 23.4 Å². The third kappa shape index (κ3) is 1.32. The monoisotopic (exact) mass is 269 g/mol. The Kier molecular flexibility index (Phi) is 2.18. The number of hydrogen-bond donors (Lipinski definition) is 1. The van der Waals surface area contributed by atoms with Crippen molar-refractivity contribution in [3.05, 3.63) is 23.2 Å². The molecular weight excluding hydrogens is 262 g/mol. The molecule has 0 aliphatic carbocycles. The van der Waals surface area contributed by atoms with Gasteiger partial charge >= 0.3 is 5.97 Å². The minimum atomic E-state index is -1.16. The SMILES string of the molecule is O=C1CC[C@]2(C(=O)O)Sc3ccc(Cl)cc3N12. The molecule has 3 rings (SSSR count). The first kappa shape index (κ1) is 10.9. The van der Waals surface area contributed by atoms with E-state index in [4.69, 9.17) is 11.6 Å². The minimum absolute atomic E-state index is 0.152. The van der Waals surface area contributed by atoms with Gasteiger partial charge in [0.2, 0.25) is 5.91 Å². The van der Waals surface area contributed by atoms with E-state index in [0.29, 0.717) is 17.1 Å². The molecule has 0 saturated carbocycles. The van der Waals surface area contributed by atoms with Crippen molar-refractivity contribution in [3.8, 4) is 0 Å². The van der Waals surface area contributed by atoms with Gasteiger partial charge in [-0.05, 0) is 18.2 Å². The molecule has 1 aromatic rings. The number of aliphatic carboxylic acids is 1. The highest BCUT2D eigenvalue weighted by molar-refractivity contribution is 8.02. The largest absolute Gasteiger partial charge is 0.479 e. The van der Waals surface area contributed by atoms with Crippen molar-refractivity contribution in [1.82, 2.24) is 0 Å². The Labute approximate surface area is 107 Å². The molecule has 1 atom stereocenters. The molecule has 1 saturated heterocycles. The summed E-state index contributed by atoms with van der Waals surface area (Å²) in [5.41, 5.74) is 0.618. The molecule has 88 valence electrons. The number of carbonyl (C=O) groups excluding carboxylic acids is 1. The molecule has 2 aliphatic heterocycles. The second kappa shape index (κ2) is 3.40. The van der Waals surface area contributed by atoms with Crippen molar-refractivity contribution in [2.45, 2.75) is 22.6 Å². The van der Waals surface area contributed by atoms with Crippen molar-refractivity contribution >= 4 is 40.9 Å². The molecule has 2 heterocycles. The standard InChI is InChI=1S/C11H8ClNO3S/c12-6-1-2-8-7(5-6)13-9(14)3-4-11(13,17-8)10(15)16/h1-2,5H,3-4H2,(H,15,16)/t11-/m1/s1. The van der Waals surface area contributed by atoms with Crippen LogP contribution in [0.25, 0.3) is 0 Å². The van der Waals surface area contributed by atoms with E-state index in [2.05, 4.69) is 0 Å². The number of halogens is 1. The van der Waals surface area contributed by atoms with Crippen LogP contribution in [0.15, 0.2) is 23.1 Å². The van der Waals surface area contributed by atoms with Crippen LogP contribution < -0.4 is 4.90 Å². The zero-order valence-electron chi connectivity index (χ0n) is 8.64. The lowest BCUT2D eigenvalue weighted by molar-refractivity contribution is -0.140. The Morgan fingerprint density at radius 1 is 1.53 bits per heavy atom. The molecule has 0 aromatic heterocycles. The summed E-state index contributed by atoms with van der Waals surface area (Å²) in [7, 11) is 0. The number of benzene rings is 1. The van der Waals surface area contributed by atoms with Crippen LogP contribution in [0.5, 0.6) is 0 Å². The van der Waals surface area contributed by atoms with Gasteiger partial charge in [0.25, 0.3) is 0 Å². The van der Waals surface area contributed by atoms with E-state index >= 15 is 0 Å². The zero-order chi connectivity index (χ0) is 12.2. The molecule has 0 unspecified atom stereocenters. The predicted molar refractivity (Wildman–Crippen MR) is 64.4 cm³/mol. The van der Waals surface area contributed by atoms with E-state index in [-0.39, 0.29) is 12.3 Å². The van der Waals surface area contributed by atoms with Gasteiger partial charge < -0.3 is 5.11 Å². The van der Waals surface area contributed by atoms with Crippen LogP contribution in [-0.2, 0) is 9.59 Å². The van der Waals surface area contributed by atoms with Gasteiger partial charge in [-0.25, -0.2) is 4.79 Å². The molecule has 2 aliphatic rings. The van der Waals surface area contributed by atoms with E-state index in [1.807, 2.05) is 0 Å². The fourth-order valence-electron chi connectivity index (χ4n) is 2.31. The molecule has 6 heteroatoms. The van der Waals surface area contributed by atoms with E-state index < -0.39 is 10.8 Å². The average Bonchev–Trinajstić information content (AvgIpc) is 2.76. The normalized spacial score (nSPS) is 25.9. The summed E-state index contributed by atoms with van der Waals surface area (Å²) in [5.74, 6) is -1.12. The van der Waals surface area contributed by atoms with Crippen LogP contribution in [-0.4, -0.2) is 21.9 Å². The van der Waals surface area contributed by atoms with Crippen LogP contribution in [0.4, 0.5) is 5.69 Å². The van der Waals surface area contributed by atoms with Crippen LogP contribution in [0.3, 0.4) is 0 Å². The topological polar surface area (TPSA) is 57.6 Å². The molecule has 0 radical (unpaired) electrons. The lowest BCUT2D eigenvalue weighted by Gasteiger charge is -2.26. The summed E-state index contributed by atoms with van der Waals surface area (Å²) in [6.07, 6.45) is 0.601. The fourth-order valence-corrected chi connectivity index (χ4v) is 3.81. The summed E-state index contributed by atoms with van der Waals surface area (Å²) in [4.78, 5) is 24.3. The molecular formula is C11H8ClNO3S. The number of hydrogen-bond acceptors (Lipinski definition) is 3. The first-order valence-electron chi connectivity index (χ1n) is 5.10. The Bertz CT molecular complexity index is 548. The Morgan fingerprint density at radius 2 is 2.29 bits per heavy atom. The van der Waals surface area contributed by atoms with Gasteiger partial charge in [-0.3, -0.25) is 9.69 Å². The molecule has 1 amide bonds. The van der Waals surface area contributed by atoms with Gasteiger partial charge in [-0.15, -0.1) is 0 Å². The van der Waals surface area contributed by atoms with Crippen LogP contribution in [0.2, 0.25) is 5.02 Å². The predicted octanol–water partition coefficient (Wildman–Crippen LogP) is 2.35. The Morgan fingerprint density at radius 3 is 3.00 bits per heavy atom. The maximum Gasteiger partial charge on any atom is 0.341 e. The number of carbonyl (C=O) groups is 2. The van der Waals surface area contributed by atoms with Crippen LogP contribution in [0, 0.1) is 0 Å². The lowest BCUT2D eigenvalue weighted by atomic mass is 10.2. The van der Waals surface area contributed by atoms with Gasteiger partial charge in [0.1, 0.15) is 0 Å². The van der Waals surface area contributed by atoms with Gasteiger partial charge in [0, 0.05) is 22.8 Å². The highest BCUT2D eigenvalue weighted by Crippen LogP contribution is 2.56. The van der Waals surface area contributed by atoms with E-state index in [9.17, 15) is 14.7 Å². The molecule has 0 spiro atoms. The van der Waals surface area contributed by atoms with Crippen molar-refractivity contribution in [2.75, 3.05) is 4.90 Å². The van der Waals surface area contributed by atoms with Gasteiger partial charge in [0.15, 0.2) is 4.87 Å². The Hall–Kier alpha value is -1.20. The van der Waals surface area contributed by atoms with E-state index in [0.717, 1.165) is 4.90 Å². The second-order valence-electron chi connectivity index (χ2n) is 4.03. The number of nitrogens with zero attached hydrogens (tertiary/aromatic N) is 1. The highest BCUT2D eigenvalue weighted by Gasteiger charge is 2.57. The summed E-state index contributed by atoms with van der Waals surface area (Å²) in [5, 5.41) is 9.89. The van der Waals surface area contributed by atoms with Crippen molar-refractivity contribution in [3.63, 3.8) is 0 Å². The number of carboxylic acids is 1. The van der Waals surface area contributed by atoms with Crippen molar-refractivity contribution in [1.29, 1.82) is 0 Å². The van der Waals surface area contributed by atoms with E-state index in [1.54, 1.807) is 18.2 Å². The quantitative estimate of drug-likeness (QED) is 0.850. The first-order chi connectivity index (χ1) is 8.04. The van der Waals surface area contributed by atoms with Gasteiger partial charge in [-0.1, -0.05) is 23.4 Å². The van der Waals surface area contributed by atoms with Crippen molar-refractivity contribution in [2.24, 2.45) is 0 Å². The Balaban J connectivity index is 2.20. The molecule has 1 N–H and O–H groups in total. The second-order valence-corrected chi connectivity index (χ2v) is 5.79. The summed E-state index contributed by atoms with van der Waals surface area (Å²) in [6, 6.07) is 5.12.